The van der Waals surface area contributed by atoms with Crippen molar-refractivity contribution < 1.29 is 13.2 Å². The molecule has 21 heavy (non-hydrogen) atoms. The normalized spacial score (nSPS) is 24.9. The molecule has 0 aromatic heterocycles. The summed E-state index contributed by atoms with van der Waals surface area (Å²) in [4.78, 5) is 4.34. The molecule has 1 fully saturated rings. The number of alkyl halides is 3. The zero-order chi connectivity index (χ0) is 15.5. The van der Waals surface area contributed by atoms with Gasteiger partial charge in [-0.15, -0.1) is 0 Å². The number of thioether (sulfide) groups is 1. The maximum Gasteiger partial charge on any atom is 0.416 e. The minimum atomic E-state index is -4.33. The third-order valence-corrected chi connectivity index (χ3v) is 4.71. The first-order valence-corrected chi connectivity index (χ1v) is 7.93. The quantitative estimate of drug-likeness (QED) is 0.890. The number of amidine groups is 1. The molecule has 6 heteroatoms. The van der Waals surface area contributed by atoms with E-state index in [1.54, 1.807) is 17.8 Å². The van der Waals surface area contributed by atoms with Crippen molar-refractivity contribution in [3.05, 3.63) is 35.4 Å². The second kappa shape index (κ2) is 6.30. The average Bonchev–Trinajstić information content (AvgIpc) is 2.45. The molecule has 2 nitrogen and oxygen atoms in total. The van der Waals surface area contributed by atoms with Crippen LogP contribution in [-0.4, -0.2) is 16.5 Å². The van der Waals surface area contributed by atoms with Gasteiger partial charge in [0.25, 0.3) is 0 Å². The van der Waals surface area contributed by atoms with Gasteiger partial charge in [0.1, 0.15) is 0 Å². The lowest BCUT2D eigenvalue weighted by Crippen LogP contribution is -2.48. The van der Waals surface area contributed by atoms with Crippen molar-refractivity contribution in [2.75, 3.05) is 5.75 Å². The third kappa shape index (κ3) is 4.15. The molecule has 0 spiro atoms. The van der Waals surface area contributed by atoms with Gasteiger partial charge in [-0.25, -0.2) is 0 Å². The van der Waals surface area contributed by atoms with Crippen LogP contribution < -0.4 is 5.32 Å². The fourth-order valence-corrected chi connectivity index (χ4v) is 3.39. The second-order valence-corrected chi connectivity index (χ2v) is 6.50. The fourth-order valence-electron chi connectivity index (χ4n) is 2.17. The smallest absolute Gasteiger partial charge is 0.360 e. The van der Waals surface area contributed by atoms with Crippen LogP contribution in [0.1, 0.15) is 37.8 Å². The predicted octanol–water partition coefficient (Wildman–Crippen LogP) is 4.46. The molecule has 1 aromatic rings. The number of aliphatic imine (C=N–C) groups is 1. The first-order chi connectivity index (χ1) is 9.84. The van der Waals surface area contributed by atoms with Gasteiger partial charge in [-0.05, 0) is 31.4 Å². The van der Waals surface area contributed by atoms with Crippen LogP contribution in [0.3, 0.4) is 0 Å². The molecule has 0 bridgehead atoms. The van der Waals surface area contributed by atoms with Crippen LogP contribution in [0.15, 0.2) is 29.3 Å². The minimum Gasteiger partial charge on any atom is -0.360 e. The first-order valence-electron chi connectivity index (χ1n) is 6.94. The van der Waals surface area contributed by atoms with Crippen LogP contribution in [-0.2, 0) is 12.7 Å². The van der Waals surface area contributed by atoms with Crippen LogP contribution in [0.5, 0.6) is 0 Å². The Kier molecular flexibility index (Phi) is 4.86. The Hall–Kier alpha value is -1.17. The van der Waals surface area contributed by atoms with Gasteiger partial charge in [0.05, 0.1) is 12.1 Å². The van der Waals surface area contributed by atoms with E-state index in [9.17, 15) is 13.2 Å². The van der Waals surface area contributed by atoms with Gasteiger partial charge < -0.3 is 5.32 Å². The Morgan fingerprint density at radius 3 is 2.71 bits per heavy atom. The van der Waals surface area contributed by atoms with Gasteiger partial charge in [0.2, 0.25) is 0 Å². The summed E-state index contributed by atoms with van der Waals surface area (Å²) in [6.45, 7) is 4.26. The van der Waals surface area contributed by atoms with Crippen molar-refractivity contribution in [1.29, 1.82) is 0 Å². The monoisotopic (exact) mass is 316 g/mol. The van der Waals surface area contributed by atoms with E-state index < -0.39 is 11.7 Å². The summed E-state index contributed by atoms with van der Waals surface area (Å²) in [7, 11) is 0. The summed E-state index contributed by atoms with van der Waals surface area (Å²) in [6, 6.07) is 5.61. The van der Waals surface area contributed by atoms with Crippen LogP contribution in [0, 0.1) is 0 Å². The zero-order valence-corrected chi connectivity index (χ0v) is 12.9. The summed E-state index contributed by atoms with van der Waals surface area (Å²) >= 11 is 1.57. The number of nitrogens with zero attached hydrogens (tertiary/aromatic N) is 1. The molecule has 1 aliphatic heterocycles. The highest BCUT2D eigenvalue weighted by molar-refractivity contribution is 8.13. The van der Waals surface area contributed by atoms with Crippen molar-refractivity contribution in [2.24, 2.45) is 4.99 Å². The predicted molar refractivity (Wildman–Crippen MR) is 81.5 cm³/mol. The molecule has 116 valence electrons. The van der Waals surface area contributed by atoms with Crippen molar-refractivity contribution in [3.8, 4) is 0 Å². The number of hydrogen-bond acceptors (Lipinski definition) is 2. The summed E-state index contributed by atoms with van der Waals surface area (Å²) in [6.07, 6.45) is -2.33. The summed E-state index contributed by atoms with van der Waals surface area (Å²) in [5, 5.41) is 4.08. The van der Waals surface area contributed by atoms with Crippen LogP contribution in [0.4, 0.5) is 13.2 Å². The molecule has 1 heterocycles. The molecule has 0 aliphatic carbocycles. The van der Waals surface area contributed by atoms with Gasteiger partial charge in [0, 0.05) is 11.3 Å². The number of nitrogens with one attached hydrogen (secondary N) is 1. The summed E-state index contributed by atoms with van der Waals surface area (Å²) in [5.74, 6) is 0.942. The molecule has 0 radical (unpaired) electrons. The molecule has 1 aliphatic rings. The van der Waals surface area contributed by atoms with Crippen LogP contribution in [0.2, 0.25) is 0 Å². The lowest BCUT2D eigenvalue weighted by Gasteiger charge is -2.35. The van der Waals surface area contributed by atoms with E-state index in [0.29, 0.717) is 0 Å². The Morgan fingerprint density at radius 1 is 1.33 bits per heavy atom. The molecule has 0 saturated carbocycles. The highest BCUT2D eigenvalue weighted by Crippen LogP contribution is 2.32. The topological polar surface area (TPSA) is 24.4 Å². The van der Waals surface area contributed by atoms with E-state index in [2.05, 4.69) is 24.2 Å². The van der Waals surface area contributed by atoms with Gasteiger partial charge in [-0.1, -0.05) is 36.9 Å². The number of benzene rings is 1. The van der Waals surface area contributed by atoms with E-state index >= 15 is 0 Å². The highest BCUT2D eigenvalue weighted by Gasteiger charge is 2.33. The maximum absolute atomic E-state index is 12.9. The standard InChI is InChI=1S/C15H19F3N2S/c1-3-14(2)8-9-21-13(20-14)19-10-11-6-4-5-7-12(11)15(16,17)18/h4-7H,3,8-10H2,1-2H3,(H,19,20). The van der Waals surface area contributed by atoms with Gasteiger partial charge in [-0.2, -0.15) is 13.2 Å². The lowest BCUT2D eigenvalue weighted by atomic mass is 9.96. The van der Waals surface area contributed by atoms with Crippen molar-refractivity contribution in [2.45, 2.75) is 44.9 Å². The molecular formula is C15H19F3N2S. The summed E-state index contributed by atoms with van der Waals surface area (Å²) in [5.41, 5.74) is -0.398. The Labute approximate surface area is 127 Å². The number of hydrogen-bond donors (Lipinski definition) is 1. The van der Waals surface area contributed by atoms with Crippen LogP contribution >= 0.6 is 11.8 Å². The van der Waals surface area contributed by atoms with E-state index in [1.807, 2.05) is 0 Å². The number of rotatable bonds is 3. The van der Waals surface area contributed by atoms with Crippen molar-refractivity contribution >= 4 is 16.9 Å². The van der Waals surface area contributed by atoms with E-state index in [0.717, 1.165) is 29.8 Å². The van der Waals surface area contributed by atoms with Gasteiger partial charge in [-0.3, -0.25) is 4.99 Å². The van der Waals surface area contributed by atoms with Gasteiger partial charge in [0.15, 0.2) is 5.17 Å². The first kappa shape index (κ1) is 16.2. The lowest BCUT2D eigenvalue weighted by molar-refractivity contribution is -0.138. The number of halogens is 3. The SMILES string of the molecule is CCC1(C)CCSC(=NCc2ccccc2C(F)(F)F)N1. The molecule has 1 unspecified atom stereocenters. The Morgan fingerprint density at radius 2 is 2.05 bits per heavy atom. The largest absolute Gasteiger partial charge is 0.416 e. The minimum absolute atomic E-state index is 0.00632. The van der Waals surface area contributed by atoms with E-state index in [-0.39, 0.29) is 17.6 Å². The van der Waals surface area contributed by atoms with Crippen molar-refractivity contribution in [1.82, 2.24) is 5.32 Å². The molecule has 1 saturated heterocycles. The highest BCUT2D eigenvalue weighted by atomic mass is 32.2. The van der Waals surface area contributed by atoms with Crippen molar-refractivity contribution in [3.63, 3.8) is 0 Å². The fraction of sp³-hybridized carbons (Fsp3) is 0.533. The Balaban J connectivity index is 2.14. The summed E-state index contributed by atoms with van der Waals surface area (Å²) < 4.78 is 38.8. The molecule has 1 atom stereocenters. The zero-order valence-electron chi connectivity index (χ0n) is 12.1. The van der Waals surface area contributed by atoms with Crippen LogP contribution in [0.25, 0.3) is 0 Å². The Bertz CT molecular complexity index is 528. The molecular weight excluding hydrogens is 297 g/mol. The third-order valence-electron chi connectivity index (χ3n) is 3.80. The molecule has 1 N–H and O–H groups in total. The van der Waals surface area contributed by atoms with E-state index in [4.69, 9.17) is 0 Å². The van der Waals surface area contributed by atoms with E-state index in [1.165, 1.54) is 12.1 Å². The molecule has 0 amide bonds. The maximum atomic E-state index is 12.9. The second-order valence-electron chi connectivity index (χ2n) is 5.41. The average molecular weight is 316 g/mol. The molecule has 1 aromatic carbocycles. The molecule has 2 rings (SSSR count). The van der Waals surface area contributed by atoms with Gasteiger partial charge >= 0.3 is 6.18 Å².